The fraction of sp³-hybridized carbons (Fsp3) is 0.308. The third-order valence-electron chi connectivity index (χ3n) is 2.82. The molecule has 0 atom stereocenters. The van der Waals surface area contributed by atoms with Crippen LogP contribution in [0.15, 0.2) is 12.1 Å². The number of carbonyl (C=O) groups excluding carboxylic acids is 1. The Morgan fingerprint density at radius 1 is 1.41 bits per heavy atom. The largest absolute Gasteiger partial charge is 0.506 e. The first-order chi connectivity index (χ1) is 10.5. The molecule has 6 nitrogen and oxygen atoms in total. The number of aromatic hydroxyl groups is 1. The SMILES string of the molecule is CCCN(C)C(=O)Oc1nsnc1-c1c(Cl)ccc(O)c1Cl. The van der Waals surface area contributed by atoms with Crippen molar-refractivity contribution in [1.82, 2.24) is 13.6 Å². The Hall–Kier alpha value is -1.57. The number of benzene rings is 1. The average molecular weight is 362 g/mol. The summed E-state index contributed by atoms with van der Waals surface area (Å²) in [6, 6.07) is 2.85. The highest BCUT2D eigenvalue weighted by Crippen LogP contribution is 2.42. The van der Waals surface area contributed by atoms with Gasteiger partial charge in [0.1, 0.15) is 5.75 Å². The number of ether oxygens (including phenoxy) is 1. The zero-order valence-corrected chi connectivity index (χ0v) is 14.2. The van der Waals surface area contributed by atoms with Gasteiger partial charge in [0.2, 0.25) is 0 Å². The number of aromatic nitrogens is 2. The summed E-state index contributed by atoms with van der Waals surface area (Å²) in [5.74, 6) is -0.137. The number of rotatable bonds is 4. The predicted molar refractivity (Wildman–Crippen MR) is 86.0 cm³/mol. The van der Waals surface area contributed by atoms with Crippen LogP contribution in [0.1, 0.15) is 13.3 Å². The molecule has 1 heterocycles. The molecule has 1 N–H and O–H groups in total. The van der Waals surface area contributed by atoms with Crippen molar-refractivity contribution in [2.75, 3.05) is 13.6 Å². The van der Waals surface area contributed by atoms with E-state index in [1.54, 1.807) is 7.05 Å². The highest BCUT2D eigenvalue weighted by molar-refractivity contribution is 6.99. The molecule has 0 unspecified atom stereocenters. The third kappa shape index (κ3) is 3.43. The van der Waals surface area contributed by atoms with Gasteiger partial charge in [-0.1, -0.05) is 30.1 Å². The first-order valence-corrected chi connectivity index (χ1v) is 7.87. The molecule has 0 aliphatic rings. The predicted octanol–water partition coefficient (Wildman–Crippen LogP) is 4.06. The summed E-state index contributed by atoms with van der Waals surface area (Å²) in [6.45, 7) is 2.51. The van der Waals surface area contributed by atoms with E-state index in [4.69, 9.17) is 27.9 Å². The van der Waals surface area contributed by atoms with Crippen molar-refractivity contribution >= 4 is 41.0 Å². The van der Waals surface area contributed by atoms with Gasteiger partial charge in [0, 0.05) is 19.2 Å². The van der Waals surface area contributed by atoms with E-state index >= 15 is 0 Å². The molecule has 1 amide bonds. The molecule has 0 saturated heterocycles. The lowest BCUT2D eigenvalue weighted by molar-refractivity contribution is 0.162. The lowest BCUT2D eigenvalue weighted by Crippen LogP contribution is -2.30. The maximum atomic E-state index is 11.9. The molecule has 0 spiro atoms. The van der Waals surface area contributed by atoms with Crippen molar-refractivity contribution in [3.8, 4) is 22.9 Å². The van der Waals surface area contributed by atoms with Crippen molar-refractivity contribution in [2.45, 2.75) is 13.3 Å². The zero-order valence-electron chi connectivity index (χ0n) is 11.8. The van der Waals surface area contributed by atoms with Gasteiger partial charge in [0.05, 0.1) is 21.8 Å². The van der Waals surface area contributed by atoms with Crippen LogP contribution in [0, 0.1) is 0 Å². The minimum absolute atomic E-state index is 0.00681. The highest BCUT2D eigenvalue weighted by Gasteiger charge is 2.23. The number of carbonyl (C=O) groups is 1. The Kier molecular flexibility index (Phi) is 5.44. The second kappa shape index (κ2) is 7.13. The van der Waals surface area contributed by atoms with Crippen LogP contribution in [-0.2, 0) is 0 Å². The molecule has 2 rings (SSSR count). The molecule has 9 heteroatoms. The van der Waals surface area contributed by atoms with Gasteiger partial charge in [-0.05, 0) is 18.6 Å². The fourth-order valence-corrected chi connectivity index (χ4v) is 2.79. The maximum Gasteiger partial charge on any atom is 0.416 e. The molecule has 0 bridgehead atoms. The maximum absolute atomic E-state index is 11.9. The van der Waals surface area contributed by atoms with Crippen molar-refractivity contribution in [3.63, 3.8) is 0 Å². The van der Waals surface area contributed by atoms with Gasteiger partial charge >= 0.3 is 6.09 Å². The number of hydrogen-bond acceptors (Lipinski definition) is 6. The summed E-state index contributed by atoms with van der Waals surface area (Å²) in [7, 11) is 1.62. The van der Waals surface area contributed by atoms with Crippen molar-refractivity contribution < 1.29 is 14.6 Å². The Bertz CT molecular complexity index is 693. The quantitative estimate of drug-likeness (QED) is 0.888. The molecule has 2 aromatic rings. The Morgan fingerprint density at radius 3 is 2.82 bits per heavy atom. The molecule has 22 heavy (non-hydrogen) atoms. The van der Waals surface area contributed by atoms with Gasteiger partial charge in [-0.25, -0.2) is 4.79 Å². The lowest BCUT2D eigenvalue weighted by atomic mass is 10.1. The van der Waals surface area contributed by atoms with Crippen LogP contribution in [0.3, 0.4) is 0 Å². The smallest absolute Gasteiger partial charge is 0.416 e. The molecular weight excluding hydrogens is 349 g/mol. The third-order valence-corrected chi connectivity index (χ3v) is 4.03. The van der Waals surface area contributed by atoms with E-state index in [1.165, 1.54) is 17.0 Å². The van der Waals surface area contributed by atoms with Crippen LogP contribution in [-0.4, -0.2) is 38.4 Å². The molecule has 1 aromatic carbocycles. The molecular formula is C13H13Cl2N3O3S. The summed E-state index contributed by atoms with van der Waals surface area (Å²) < 4.78 is 13.2. The standard InChI is InChI=1S/C13H13Cl2N3O3S/c1-3-6-18(2)13(20)21-12-11(16-22-17-12)9-7(14)4-5-8(19)10(9)15/h4-5,19H,3,6H2,1-2H3. The summed E-state index contributed by atoms with van der Waals surface area (Å²) in [5, 5.41) is 10.0. The second-order valence-corrected chi connectivity index (χ2v) is 5.78. The van der Waals surface area contributed by atoms with Crippen LogP contribution < -0.4 is 4.74 Å². The Balaban J connectivity index is 2.35. The lowest BCUT2D eigenvalue weighted by Gasteiger charge is -2.15. The van der Waals surface area contributed by atoms with Crippen molar-refractivity contribution in [3.05, 3.63) is 22.2 Å². The van der Waals surface area contributed by atoms with E-state index in [0.717, 1.165) is 18.1 Å². The number of phenols is 1. The molecule has 118 valence electrons. The minimum Gasteiger partial charge on any atom is -0.506 e. The fourth-order valence-electron chi connectivity index (χ4n) is 1.75. The van der Waals surface area contributed by atoms with Crippen LogP contribution in [0.2, 0.25) is 10.0 Å². The number of nitrogens with zero attached hydrogens (tertiary/aromatic N) is 3. The van der Waals surface area contributed by atoms with E-state index in [0.29, 0.717) is 6.54 Å². The molecule has 0 aliphatic carbocycles. The van der Waals surface area contributed by atoms with Gasteiger partial charge in [0.15, 0.2) is 5.69 Å². The van der Waals surface area contributed by atoms with Crippen LogP contribution in [0.25, 0.3) is 11.3 Å². The average Bonchev–Trinajstić information content (AvgIpc) is 2.91. The van der Waals surface area contributed by atoms with Gasteiger partial charge in [-0.2, -0.15) is 4.37 Å². The van der Waals surface area contributed by atoms with E-state index in [2.05, 4.69) is 8.75 Å². The van der Waals surface area contributed by atoms with Crippen molar-refractivity contribution in [2.24, 2.45) is 0 Å². The number of hydrogen-bond donors (Lipinski definition) is 1. The molecule has 0 aliphatic heterocycles. The molecule has 1 aromatic heterocycles. The van der Waals surface area contributed by atoms with Gasteiger partial charge in [-0.3, -0.25) is 0 Å². The van der Waals surface area contributed by atoms with Crippen molar-refractivity contribution in [1.29, 1.82) is 0 Å². The summed E-state index contributed by atoms with van der Waals surface area (Å²) in [6.07, 6.45) is 0.251. The van der Waals surface area contributed by atoms with E-state index in [-0.39, 0.29) is 32.9 Å². The molecule has 0 fully saturated rings. The van der Waals surface area contributed by atoms with E-state index < -0.39 is 6.09 Å². The summed E-state index contributed by atoms with van der Waals surface area (Å²) >= 11 is 13.0. The topological polar surface area (TPSA) is 75.6 Å². The number of phenolic OH excluding ortho intramolecular Hbond substituents is 1. The van der Waals surface area contributed by atoms with E-state index in [9.17, 15) is 9.90 Å². The Labute approximate surface area is 141 Å². The monoisotopic (exact) mass is 361 g/mol. The molecule has 0 radical (unpaired) electrons. The Morgan fingerprint density at radius 2 is 2.14 bits per heavy atom. The normalized spacial score (nSPS) is 10.5. The van der Waals surface area contributed by atoms with Crippen LogP contribution in [0.4, 0.5) is 4.79 Å². The summed E-state index contributed by atoms with van der Waals surface area (Å²) in [5.41, 5.74) is 0.493. The van der Waals surface area contributed by atoms with E-state index in [1.807, 2.05) is 6.92 Å². The first-order valence-electron chi connectivity index (χ1n) is 6.38. The van der Waals surface area contributed by atoms with Gasteiger partial charge in [-0.15, -0.1) is 4.37 Å². The summed E-state index contributed by atoms with van der Waals surface area (Å²) in [4.78, 5) is 13.4. The number of halogens is 2. The second-order valence-electron chi connectivity index (χ2n) is 4.46. The zero-order chi connectivity index (χ0) is 16.3. The number of amides is 1. The molecule has 0 saturated carbocycles. The minimum atomic E-state index is -0.553. The first kappa shape index (κ1) is 16.8. The van der Waals surface area contributed by atoms with Gasteiger partial charge < -0.3 is 14.7 Å². The highest BCUT2D eigenvalue weighted by atomic mass is 35.5. The van der Waals surface area contributed by atoms with Crippen LogP contribution >= 0.6 is 34.9 Å². The van der Waals surface area contributed by atoms with Crippen LogP contribution in [0.5, 0.6) is 11.6 Å². The van der Waals surface area contributed by atoms with Gasteiger partial charge in [0.25, 0.3) is 5.88 Å².